The fourth-order valence-electron chi connectivity index (χ4n) is 3.00. The van der Waals surface area contributed by atoms with Crippen molar-refractivity contribution in [3.05, 3.63) is 59.8 Å². The molecule has 134 valence electrons. The van der Waals surface area contributed by atoms with Gasteiger partial charge in [0.1, 0.15) is 4.90 Å². The zero-order chi connectivity index (χ0) is 18.3. The van der Waals surface area contributed by atoms with Crippen molar-refractivity contribution in [2.45, 2.75) is 18.4 Å². The molecule has 1 aromatic heterocycles. The van der Waals surface area contributed by atoms with Crippen LogP contribution in [0.4, 0.5) is 0 Å². The summed E-state index contributed by atoms with van der Waals surface area (Å²) in [5.74, 6) is 1.31. The van der Waals surface area contributed by atoms with Gasteiger partial charge in [0.2, 0.25) is 16.8 Å². The molecule has 0 bridgehead atoms. The van der Waals surface area contributed by atoms with Crippen molar-refractivity contribution in [2.75, 3.05) is 13.8 Å². The second-order valence-corrected chi connectivity index (χ2v) is 8.30. The summed E-state index contributed by atoms with van der Waals surface area (Å²) < 4.78 is 38.2. The Balaban J connectivity index is 1.68. The van der Waals surface area contributed by atoms with E-state index in [2.05, 4.69) is 4.98 Å². The van der Waals surface area contributed by atoms with E-state index >= 15 is 0 Å². The average molecular weight is 370 g/mol. The summed E-state index contributed by atoms with van der Waals surface area (Å²) in [7, 11) is -2.13. The van der Waals surface area contributed by atoms with Crippen LogP contribution in [0.2, 0.25) is 0 Å². The summed E-state index contributed by atoms with van der Waals surface area (Å²) in [5, 5.41) is 0.808. The van der Waals surface area contributed by atoms with E-state index in [0.29, 0.717) is 17.0 Å². The SMILES string of the molecule is Cc1cnc2c(S(=O)(=O)N(C)Cc3ccc4c(c3)OCO4)cccc2c1. The van der Waals surface area contributed by atoms with E-state index in [4.69, 9.17) is 9.47 Å². The standard InChI is InChI=1S/C19H18N2O4S/c1-13-8-15-4-3-5-18(19(15)20-10-13)26(22,23)21(2)11-14-6-7-16-17(9-14)25-12-24-16/h3-10H,11-12H2,1-2H3. The minimum absolute atomic E-state index is 0.189. The van der Waals surface area contributed by atoms with E-state index in [1.165, 1.54) is 4.31 Å². The lowest BCUT2D eigenvalue weighted by molar-refractivity contribution is 0.174. The first-order chi connectivity index (χ1) is 12.4. The van der Waals surface area contributed by atoms with Crippen LogP contribution in [0.5, 0.6) is 11.5 Å². The highest BCUT2D eigenvalue weighted by Crippen LogP contribution is 2.33. The van der Waals surface area contributed by atoms with Crippen LogP contribution in [-0.4, -0.2) is 31.5 Å². The molecule has 0 saturated carbocycles. The van der Waals surface area contributed by atoms with Crippen LogP contribution in [0.3, 0.4) is 0 Å². The van der Waals surface area contributed by atoms with Crippen LogP contribution in [-0.2, 0) is 16.6 Å². The van der Waals surface area contributed by atoms with Gasteiger partial charge < -0.3 is 9.47 Å². The van der Waals surface area contributed by atoms with Crippen molar-refractivity contribution in [3.63, 3.8) is 0 Å². The van der Waals surface area contributed by atoms with Crippen LogP contribution < -0.4 is 9.47 Å². The number of aryl methyl sites for hydroxylation is 1. The number of nitrogens with zero attached hydrogens (tertiary/aromatic N) is 2. The molecule has 26 heavy (non-hydrogen) atoms. The van der Waals surface area contributed by atoms with Gasteiger partial charge >= 0.3 is 0 Å². The molecule has 0 amide bonds. The van der Waals surface area contributed by atoms with Gasteiger partial charge in [-0.3, -0.25) is 4.98 Å². The maximum atomic E-state index is 13.1. The number of ether oxygens (including phenoxy) is 2. The minimum atomic E-state index is -3.69. The van der Waals surface area contributed by atoms with Gasteiger partial charge in [-0.1, -0.05) is 18.2 Å². The largest absolute Gasteiger partial charge is 0.454 e. The van der Waals surface area contributed by atoms with Crippen LogP contribution in [0, 0.1) is 6.92 Å². The number of sulfonamides is 1. The van der Waals surface area contributed by atoms with Crippen molar-refractivity contribution in [1.82, 2.24) is 9.29 Å². The van der Waals surface area contributed by atoms with Crippen molar-refractivity contribution in [2.24, 2.45) is 0 Å². The molecule has 6 nitrogen and oxygen atoms in total. The predicted molar refractivity (Wildman–Crippen MR) is 97.7 cm³/mol. The Kier molecular flexibility index (Phi) is 4.05. The molecule has 4 rings (SSSR count). The van der Waals surface area contributed by atoms with Crippen molar-refractivity contribution in [1.29, 1.82) is 0 Å². The predicted octanol–water partition coefficient (Wildman–Crippen LogP) is 3.09. The van der Waals surface area contributed by atoms with Crippen LogP contribution in [0.1, 0.15) is 11.1 Å². The summed E-state index contributed by atoms with van der Waals surface area (Å²) in [6.45, 7) is 2.34. The molecule has 0 saturated heterocycles. The van der Waals surface area contributed by atoms with E-state index in [0.717, 1.165) is 16.5 Å². The molecule has 0 unspecified atom stereocenters. The third kappa shape index (κ3) is 2.89. The van der Waals surface area contributed by atoms with Crippen molar-refractivity contribution in [3.8, 4) is 11.5 Å². The molecule has 0 radical (unpaired) electrons. The summed E-state index contributed by atoms with van der Waals surface area (Å²) in [5.41, 5.74) is 2.29. The summed E-state index contributed by atoms with van der Waals surface area (Å²) in [4.78, 5) is 4.55. The fourth-order valence-corrected chi connectivity index (χ4v) is 4.32. The van der Waals surface area contributed by atoms with Crippen molar-refractivity contribution < 1.29 is 17.9 Å². The highest BCUT2D eigenvalue weighted by atomic mass is 32.2. The topological polar surface area (TPSA) is 68.7 Å². The molecule has 1 aliphatic heterocycles. The normalized spacial score (nSPS) is 13.5. The van der Waals surface area contributed by atoms with E-state index in [-0.39, 0.29) is 18.2 Å². The summed E-state index contributed by atoms with van der Waals surface area (Å²) >= 11 is 0. The smallest absolute Gasteiger partial charge is 0.245 e. The molecule has 2 heterocycles. The average Bonchev–Trinajstić information content (AvgIpc) is 3.08. The molecule has 0 aliphatic carbocycles. The number of fused-ring (bicyclic) bond motifs is 2. The van der Waals surface area contributed by atoms with Gasteiger partial charge in [0, 0.05) is 25.2 Å². The summed E-state index contributed by atoms with van der Waals surface area (Å²) in [6.07, 6.45) is 1.68. The Hall–Kier alpha value is -2.64. The Morgan fingerprint density at radius 3 is 2.77 bits per heavy atom. The van der Waals surface area contributed by atoms with Gasteiger partial charge in [0.25, 0.3) is 0 Å². The molecule has 0 atom stereocenters. The second-order valence-electron chi connectivity index (χ2n) is 6.29. The number of benzene rings is 2. The van der Waals surface area contributed by atoms with Crippen LogP contribution in [0.15, 0.2) is 53.6 Å². The number of hydrogen-bond donors (Lipinski definition) is 0. The Labute approximate surface area is 152 Å². The third-order valence-electron chi connectivity index (χ3n) is 4.34. The highest BCUT2D eigenvalue weighted by Gasteiger charge is 2.24. The van der Waals surface area contributed by atoms with Gasteiger partial charge in [-0.2, -0.15) is 4.31 Å². The molecular formula is C19H18N2O4S. The molecular weight excluding hydrogens is 352 g/mol. The molecule has 2 aromatic carbocycles. The number of aromatic nitrogens is 1. The van der Waals surface area contributed by atoms with Crippen molar-refractivity contribution >= 4 is 20.9 Å². The molecule has 0 spiro atoms. The third-order valence-corrected chi connectivity index (χ3v) is 6.18. The van der Waals surface area contributed by atoms with E-state index in [9.17, 15) is 8.42 Å². The maximum absolute atomic E-state index is 13.1. The monoisotopic (exact) mass is 370 g/mol. The summed E-state index contributed by atoms with van der Waals surface area (Å²) in [6, 6.07) is 12.6. The van der Waals surface area contributed by atoms with Gasteiger partial charge in [0.15, 0.2) is 11.5 Å². The van der Waals surface area contributed by atoms with Crippen LogP contribution in [0.25, 0.3) is 10.9 Å². The molecule has 3 aromatic rings. The number of hydrogen-bond acceptors (Lipinski definition) is 5. The molecule has 0 fully saturated rings. The molecule has 1 aliphatic rings. The van der Waals surface area contributed by atoms with Gasteiger partial charge in [-0.15, -0.1) is 0 Å². The second kappa shape index (κ2) is 6.26. The lowest BCUT2D eigenvalue weighted by Crippen LogP contribution is -2.26. The lowest BCUT2D eigenvalue weighted by atomic mass is 10.2. The molecule has 7 heteroatoms. The Bertz CT molecular complexity index is 1100. The molecule has 0 N–H and O–H groups in total. The lowest BCUT2D eigenvalue weighted by Gasteiger charge is -2.18. The number of pyridine rings is 1. The zero-order valence-corrected chi connectivity index (χ0v) is 15.3. The number of rotatable bonds is 4. The van der Waals surface area contributed by atoms with E-state index < -0.39 is 10.0 Å². The van der Waals surface area contributed by atoms with Gasteiger partial charge in [-0.05, 0) is 42.3 Å². The quantitative estimate of drug-likeness (QED) is 0.706. The van der Waals surface area contributed by atoms with Gasteiger partial charge in [0.05, 0.1) is 5.52 Å². The van der Waals surface area contributed by atoms with Gasteiger partial charge in [-0.25, -0.2) is 8.42 Å². The Morgan fingerprint density at radius 2 is 1.92 bits per heavy atom. The number of para-hydroxylation sites is 1. The van der Waals surface area contributed by atoms with E-state index in [1.807, 2.05) is 25.1 Å². The first-order valence-corrected chi connectivity index (χ1v) is 9.59. The Morgan fingerprint density at radius 1 is 1.12 bits per heavy atom. The fraction of sp³-hybridized carbons (Fsp3) is 0.211. The maximum Gasteiger partial charge on any atom is 0.245 e. The first-order valence-electron chi connectivity index (χ1n) is 8.15. The van der Waals surface area contributed by atoms with Crippen LogP contribution >= 0.6 is 0 Å². The highest BCUT2D eigenvalue weighted by molar-refractivity contribution is 7.89. The zero-order valence-electron chi connectivity index (χ0n) is 14.5. The van der Waals surface area contributed by atoms with E-state index in [1.54, 1.807) is 37.5 Å². The minimum Gasteiger partial charge on any atom is -0.454 e. The first kappa shape index (κ1) is 16.8.